The summed E-state index contributed by atoms with van der Waals surface area (Å²) in [4.78, 5) is 20.5. The predicted molar refractivity (Wildman–Crippen MR) is 91.5 cm³/mol. The van der Waals surface area contributed by atoms with E-state index in [0.717, 1.165) is 11.1 Å². The average Bonchev–Trinajstić information content (AvgIpc) is 2.57. The van der Waals surface area contributed by atoms with Crippen LogP contribution in [0.3, 0.4) is 0 Å². The molecule has 2 aromatic carbocycles. The highest BCUT2D eigenvalue weighted by Crippen LogP contribution is 2.01. The average molecular weight is 330 g/mol. The Morgan fingerprint density at radius 3 is 1.88 bits per heavy atom. The monoisotopic (exact) mass is 330 g/mol. The number of aliphatic carboxylic acids is 2. The highest BCUT2D eigenvalue weighted by Gasteiger charge is 2.10. The molecule has 0 aromatic heterocycles. The summed E-state index contributed by atoms with van der Waals surface area (Å²) >= 11 is 0. The van der Waals surface area contributed by atoms with Gasteiger partial charge in [-0.05, 0) is 17.5 Å². The van der Waals surface area contributed by atoms with Gasteiger partial charge in [0.1, 0.15) is 6.04 Å². The molecule has 0 unspecified atom stereocenters. The normalized spacial score (nSPS) is 11.0. The van der Waals surface area contributed by atoms with Gasteiger partial charge in [0.15, 0.2) is 0 Å². The van der Waals surface area contributed by atoms with Gasteiger partial charge in [0.2, 0.25) is 0 Å². The third kappa shape index (κ3) is 8.67. The summed E-state index contributed by atoms with van der Waals surface area (Å²) in [6.07, 6.45) is 0.385. The van der Waals surface area contributed by atoms with Gasteiger partial charge in [-0.2, -0.15) is 0 Å². The number of carboxylic acids is 2. The largest absolute Gasteiger partial charge is 0.480 e. The fourth-order valence-electron chi connectivity index (χ4n) is 1.86. The number of hydrogen-bond acceptors (Lipinski definition) is 4. The first-order valence-corrected chi connectivity index (χ1v) is 7.47. The van der Waals surface area contributed by atoms with Crippen LogP contribution in [0.25, 0.3) is 0 Å². The quantitative estimate of drug-likeness (QED) is 0.612. The van der Waals surface area contributed by atoms with E-state index in [4.69, 9.17) is 15.9 Å². The molecule has 0 fully saturated rings. The lowest BCUT2D eigenvalue weighted by molar-refractivity contribution is -0.138. The number of carbonyl (C=O) groups is 2. The molecular formula is C18H22N2O4. The Labute approximate surface area is 140 Å². The highest BCUT2D eigenvalue weighted by atomic mass is 16.4. The number of carboxylic acid groups (broad SMARTS) is 2. The molecular weight excluding hydrogens is 308 g/mol. The van der Waals surface area contributed by atoms with Crippen molar-refractivity contribution in [3.05, 3.63) is 71.8 Å². The molecule has 0 spiro atoms. The maximum Gasteiger partial charge on any atom is 0.320 e. The van der Waals surface area contributed by atoms with E-state index in [-0.39, 0.29) is 6.54 Å². The van der Waals surface area contributed by atoms with E-state index in [1.165, 1.54) is 0 Å². The lowest BCUT2D eigenvalue weighted by Crippen LogP contribution is -2.32. The zero-order valence-electron chi connectivity index (χ0n) is 13.3. The van der Waals surface area contributed by atoms with Gasteiger partial charge in [0.25, 0.3) is 0 Å². The smallest absolute Gasteiger partial charge is 0.320 e. The molecule has 0 radical (unpaired) electrons. The van der Waals surface area contributed by atoms with Gasteiger partial charge in [-0.25, -0.2) is 0 Å². The molecule has 0 heterocycles. The molecule has 0 aliphatic heterocycles. The van der Waals surface area contributed by atoms with Crippen molar-refractivity contribution >= 4 is 11.9 Å². The molecule has 2 rings (SSSR count). The van der Waals surface area contributed by atoms with Crippen molar-refractivity contribution in [1.82, 2.24) is 5.32 Å². The van der Waals surface area contributed by atoms with Crippen molar-refractivity contribution in [2.45, 2.75) is 19.0 Å². The van der Waals surface area contributed by atoms with Crippen molar-refractivity contribution in [1.29, 1.82) is 0 Å². The zero-order valence-corrected chi connectivity index (χ0v) is 13.3. The number of nitrogens with one attached hydrogen (secondary N) is 1. The first-order chi connectivity index (χ1) is 11.5. The number of benzene rings is 2. The highest BCUT2D eigenvalue weighted by molar-refractivity contribution is 5.73. The molecule has 6 nitrogen and oxygen atoms in total. The molecule has 0 aliphatic carbocycles. The van der Waals surface area contributed by atoms with Crippen LogP contribution in [-0.2, 0) is 22.6 Å². The SMILES string of the molecule is N[C@@H](Cc1ccccc1)C(=O)O.O=C(O)CNCc1ccccc1. The van der Waals surface area contributed by atoms with Crippen LogP contribution in [0.4, 0.5) is 0 Å². The molecule has 2 aromatic rings. The van der Waals surface area contributed by atoms with Gasteiger partial charge < -0.3 is 21.3 Å². The Morgan fingerprint density at radius 1 is 0.917 bits per heavy atom. The molecule has 5 N–H and O–H groups in total. The summed E-state index contributed by atoms with van der Waals surface area (Å²) in [6.45, 7) is 0.613. The van der Waals surface area contributed by atoms with Crippen LogP contribution >= 0.6 is 0 Å². The summed E-state index contributed by atoms with van der Waals surface area (Å²) in [6, 6.07) is 18.2. The molecule has 0 amide bonds. The van der Waals surface area contributed by atoms with Gasteiger partial charge in [0.05, 0.1) is 6.54 Å². The summed E-state index contributed by atoms with van der Waals surface area (Å²) in [7, 11) is 0. The number of rotatable bonds is 7. The second kappa shape index (κ2) is 10.9. The fraction of sp³-hybridized carbons (Fsp3) is 0.222. The minimum atomic E-state index is -0.959. The maximum atomic E-state index is 10.4. The van der Waals surface area contributed by atoms with Crippen molar-refractivity contribution in [2.75, 3.05) is 6.54 Å². The van der Waals surface area contributed by atoms with E-state index in [1.54, 1.807) is 0 Å². The minimum Gasteiger partial charge on any atom is -0.480 e. The number of nitrogens with two attached hydrogens (primary N) is 1. The summed E-state index contributed by atoms with van der Waals surface area (Å²) in [5.74, 6) is -1.79. The second-order valence-corrected chi connectivity index (χ2v) is 5.12. The topological polar surface area (TPSA) is 113 Å². The van der Waals surface area contributed by atoms with E-state index in [1.807, 2.05) is 60.7 Å². The fourth-order valence-corrected chi connectivity index (χ4v) is 1.86. The Balaban J connectivity index is 0.000000240. The van der Waals surface area contributed by atoms with Crippen LogP contribution in [0.15, 0.2) is 60.7 Å². The first kappa shape index (κ1) is 19.3. The molecule has 1 atom stereocenters. The Bertz CT molecular complexity index is 617. The maximum absolute atomic E-state index is 10.4. The predicted octanol–water partition coefficient (Wildman–Crippen LogP) is 1.50. The molecule has 0 saturated heterocycles. The second-order valence-electron chi connectivity index (χ2n) is 5.12. The van der Waals surface area contributed by atoms with Gasteiger partial charge in [-0.3, -0.25) is 9.59 Å². The first-order valence-electron chi connectivity index (χ1n) is 7.47. The van der Waals surface area contributed by atoms with Crippen molar-refractivity contribution in [2.24, 2.45) is 5.73 Å². The lowest BCUT2D eigenvalue weighted by atomic mass is 10.1. The van der Waals surface area contributed by atoms with E-state index in [9.17, 15) is 9.59 Å². The van der Waals surface area contributed by atoms with Gasteiger partial charge in [-0.15, -0.1) is 0 Å². The summed E-state index contributed by atoms with van der Waals surface area (Å²) < 4.78 is 0. The Morgan fingerprint density at radius 2 is 1.42 bits per heavy atom. The van der Waals surface area contributed by atoms with Gasteiger partial charge in [-0.1, -0.05) is 60.7 Å². The standard InChI is InChI=1S/2C9H11NO2/c11-9(12)7-10-6-8-4-2-1-3-5-8;10-8(9(11)12)6-7-4-2-1-3-5-7/h1-5,10H,6-7H2,(H,11,12);1-5,8H,6,10H2,(H,11,12)/t;8-/m.0/s1. The van der Waals surface area contributed by atoms with E-state index in [0.29, 0.717) is 13.0 Å². The minimum absolute atomic E-state index is 0.00882. The van der Waals surface area contributed by atoms with Crippen LogP contribution < -0.4 is 11.1 Å². The van der Waals surface area contributed by atoms with Crippen molar-refractivity contribution < 1.29 is 19.8 Å². The van der Waals surface area contributed by atoms with Crippen LogP contribution in [0.1, 0.15) is 11.1 Å². The van der Waals surface area contributed by atoms with E-state index >= 15 is 0 Å². The Kier molecular flexibility index (Phi) is 8.81. The molecule has 6 heteroatoms. The van der Waals surface area contributed by atoms with Crippen LogP contribution in [-0.4, -0.2) is 34.7 Å². The third-order valence-corrected chi connectivity index (χ3v) is 3.06. The number of hydrogen-bond donors (Lipinski definition) is 4. The lowest BCUT2D eigenvalue weighted by Gasteiger charge is -2.04. The molecule has 0 aliphatic rings. The third-order valence-electron chi connectivity index (χ3n) is 3.06. The van der Waals surface area contributed by atoms with E-state index in [2.05, 4.69) is 5.32 Å². The zero-order chi connectivity index (χ0) is 17.8. The Hall–Kier alpha value is -2.70. The molecule has 128 valence electrons. The van der Waals surface area contributed by atoms with Crippen LogP contribution in [0.2, 0.25) is 0 Å². The van der Waals surface area contributed by atoms with Crippen molar-refractivity contribution in [3.8, 4) is 0 Å². The van der Waals surface area contributed by atoms with Gasteiger partial charge in [0, 0.05) is 6.54 Å². The summed E-state index contributed by atoms with van der Waals surface area (Å²) in [5.41, 5.74) is 7.40. The van der Waals surface area contributed by atoms with Gasteiger partial charge >= 0.3 is 11.9 Å². The molecule has 24 heavy (non-hydrogen) atoms. The van der Waals surface area contributed by atoms with E-state index < -0.39 is 18.0 Å². The molecule has 0 saturated carbocycles. The summed E-state index contributed by atoms with van der Waals surface area (Å²) in [5, 5.41) is 19.6. The van der Waals surface area contributed by atoms with Crippen LogP contribution in [0.5, 0.6) is 0 Å². The molecule has 0 bridgehead atoms. The van der Waals surface area contributed by atoms with Crippen LogP contribution in [0, 0.1) is 0 Å². The van der Waals surface area contributed by atoms with Crippen molar-refractivity contribution in [3.63, 3.8) is 0 Å².